The van der Waals surface area contributed by atoms with Crippen LogP contribution in [0.1, 0.15) is 18.4 Å². The van der Waals surface area contributed by atoms with Crippen LogP contribution in [0.15, 0.2) is 12.1 Å². The largest absolute Gasteiger partial charge is 0.342 e. The molecule has 0 spiro atoms. The van der Waals surface area contributed by atoms with Crippen molar-refractivity contribution in [3.63, 3.8) is 0 Å². The zero-order valence-corrected chi connectivity index (χ0v) is 10.3. The number of nitrogens with zero attached hydrogens (tertiary/aromatic N) is 1. The highest BCUT2D eigenvalue weighted by Gasteiger charge is 2.23. The van der Waals surface area contributed by atoms with E-state index in [0.717, 1.165) is 0 Å². The summed E-state index contributed by atoms with van der Waals surface area (Å²) in [5, 5.41) is 0. The molecular weight excluding hydrogens is 257 g/mol. The first kappa shape index (κ1) is 13.9. The molecule has 1 amide bonds. The van der Waals surface area contributed by atoms with Crippen molar-refractivity contribution in [2.45, 2.75) is 25.3 Å². The zero-order chi connectivity index (χ0) is 14.0. The average Bonchev–Trinajstić information content (AvgIpc) is 2.34. The monoisotopic (exact) mass is 272 g/mol. The first-order valence-corrected chi connectivity index (χ1v) is 6.14. The Hall–Kier alpha value is -1.56. The molecule has 0 saturated carbocycles. The summed E-state index contributed by atoms with van der Waals surface area (Å²) in [4.78, 5) is 13.5. The van der Waals surface area contributed by atoms with Gasteiger partial charge < -0.3 is 10.6 Å². The lowest BCUT2D eigenvalue weighted by molar-refractivity contribution is -0.131. The number of rotatable bonds is 2. The number of hydrogen-bond acceptors (Lipinski definition) is 2. The van der Waals surface area contributed by atoms with Crippen LogP contribution < -0.4 is 5.73 Å². The minimum Gasteiger partial charge on any atom is -0.342 e. The van der Waals surface area contributed by atoms with Crippen LogP contribution in [-0.4, -0.2) is 29.9 Å². The summed E-state index contributed by atoms with van der Waals surface area (Å²) in [6.45, 7) is 0.981. The molecule has 2 N–H and O–H groups in total. The molecule has 0 atom stereocenters. The molecule has 1 fully saturated rings. The summed E-state index contributed by atoms with van der Waals surface area (Å²) >= 11 is 0. The molecule has 1 aliphatic rings. The van der Waals surface area contributed by atoms with Crippen molar-refractivity contribution in [2.75, 3.05) is 13.1 Å². The van der Waals surface area contributed by atoms with Gasteiger partial charge in [0.1, 0.15) is 17.5 Å². The Bertz CT molecular complexity index is 462. The fraction of sp³-hybridized carbons (Fsp3) is 0.462. The number of amides is 1. The van der Waals surface area contributed by atoms with Gasteiger partial charge in [-0.3, -0.25) is 4.79 Å². The van der Waals surface area contributed by atoms with Crippen LogP contribution in [0.2, 0.25) is 0 Å². The Morgan fingerprint density at radius 2 is 1.74 bits per heavy atom. The highest BCUT2D eigenvalue weighted by Crippen LogP contribution is 2.17. The molecule has 0 radical (unpaired) electrons. The maximum Gasteiger partial charge on any atom is 0.227 e. The number of likely N-dealkylation sites (tertiary alicyclic amines) is 1. The predicted octanol–water partition coefficient (Wildman–Crippen LogP) is 1.60. The van der Waals surface area contributed by atoms with Crippen molar-refractivity contribution in [3.05, 3.63) is 35.1 Å². The number of carbonyl (C=O) groups is 1. The van der Waals surface area contributed by atoms with Crippen LogP contribution in [0.3, 0.4) is 0 Å². The van der Waals surface area contributed by atoms with Crippen molar-refractivity contribution in [1.82, 2.24) is 4.90 Å². The number of hydrogen-bond donors (Lipinski definition) is 1. The normalized spacial score (nSPS) is 16.7. The Labute approximate surface area is 109 Å². The van der Waals surface area contributed by atoms with E-state index in [9.17, 15) is 18.0 Å². The molecule has 19 heavy (non-hydrogen) atoms. The first-order chi connectivity index (χ1) is 8.97. The van der Waals surface area contributed by atoms with Crippen molar-refractivity contribution in [3.8, 4) is 0 Å². The molecular formula is C13H15F3N2O. The van der Waals surface area contributed by atoms with Crippen LogP contribution in [0.5, 0.6) is 0 Å². The smallest absolute Gasteiger partial charge is 0.227 e. The SMILES string of the molecule is NC1CCN(C(=O)Cc2c(F)cc(F)cc2F)CC1. The standard InChI is InChI=1S/C13H15F3N2O/c14-8-5-11(15)10(12(16)6-8)7-13(19)18-3-1-9(17)2-4-18/h5-6,9H,1-4,7,17H2. The third kappa shape index (κ3) is 3.26. The van der Waals surface area contributed by atoms with Gasteiger partial charge in [0.25, 0.3) is 0 Å². The van der Waals surface area contributed by atoms with E-state index in [-0.39, 0.29) is 17.5 Å². The molecule has 1 aromatic rings. The lowest BCUT2D eigenvalue weighted by Crippen LogP contribution is -2.43. The average molecular weight is 272 g/mol. The lowest BCUT2D eigenvalue weighted by Gasteiger charge is -2.30. The lowest BCUT2D eigenvalue weighted by atomic mass is 10.0. The highest BCUT2D eigenvalue weighted by atomic mass is 19.1. The first-order valence-electron chi connectivity index (χ1n) is 6.14. The van der Waals surface area contributed by atoms with Gasteiger partial charge in [-0.05, 0) is 12.8 Å². The fourth-order valence-corrected chi connectivity index (χ4v) is 2.15. The molecule has 1 aliphatic heterocycles. The summed E-state index contributed by atoms with van der Waals surface area (Å²) in [5.41, 5.74) is 5.33. The predicted molar refractivity (Wildman–Crippen MR) is 63.8 cm³/mol. The van der Waals surface area contributed by atoms with Crippen molar-refractivity contribution >= 4 is 5.91 Å². The van der Waals surface area contributed by atoms with Gasteiger partial charge in [-0.2, -0.15) is 0 Å². The Kier molecular flexibility index (Phi) is 4.09. The van der Waals surface area contributed by atoms with E-state index in [1.807, 2.05) is 0 Å². The van der Waals surface area contributed by atoms with Crippen molar-refractivity contribution < 1.29 is 18.0 Å². The maximum absolute atomic E-state index is 13.4. The van der Waals surface area contributed by atoms with Crippen LogP contribution in [-0.2, 0) is 11.2 Å². The third-order valence-corrected chi connectivity index (χ3v) is 3.33. The van der Waals surface area contributed by atoms with Gasteiger partial charge in [0, 0.05) is 36.8 Å². The van der Waals surface area contributed by atoms with Gasteiger partial charge in [0.15, 0.2) is 0 Å². The molecule has 6 heteroatoms. The van der Waals surface area contributed by atoms with Gasteiger partial charge in [0.2, 0.25) is 5.91 Å². The molecule has 0 bridgehead atoms. The highest BCUT2D eigenvalue weighted by molar-refractivity contribution is 5.79. The second-order valence-corrected chi connectivity index (χ2v) is 4.74. The second kappa shape index (κ2) is 5.61. The van der Waals surface area contributed by atoms with Crippen LogP contribution >= 0.6 is 0 Å². The Balaban J connectivity index is 2.07. The maximum atomic E-state index is 13.4. The Morgan fingerprint density at radius 1 is 1.21 bits per heavy atom. The number of halogens is 3. The topological polar surface area (TPSA) is 46.3 Å². The van der Waals surface area contributed by atoms with Gasteiger partial charge >= 0.3 is 0 Å². The molecule has 3 nitrogen and oxygen atoms in total. The van der Waals surface area contributed by atoms with E-state index in [1.54, 1.807) is 0 Å². The molecule has 0 unspecified atom stereocenters. The van der Waals surface area contributed by atoms with Gasteiger partial charge in [-0.15, -0.1) is 0 Å². The minimum atomic E-state index is -1.03. The molecule has 2 rings (SSSR count). The third-order valence-electron chi connectivity index (χ3n) is 3.33. The van der Waals surface area contributed by atoms with E-state index in [4.69, 9.17) is 5.73 Å². The summed E-state index contributed by atoms with van der Waals surface area (Å²) in [5.74, 6) is -3.41. The summed E-state index contributed by atoms with van der Waals surface area (Å²) in [6.07, 6.45) is 0.966. The number of piperidine rings is 1. The van der Waals surface area contributed by atoms with E-state index in [0.29, 0.717) is 38.1 Å². The van der Waals surface area contributed by atoms with Crippen LogP contribution in [0, 0.1) is 17.5 Å². The summed E-state index contributed by atoms with van der Waals surface area (Å²) in [7, 11) is 0. The number of nitrogens with two attached hydrogens (primary N) is 1. The van der Waals surface area contributed by atoms with Crippen molar-refractivity contribution in [2.24, 2.45) is 5.73 Å². The van der Waals surface area contributed by atoms with E-state index < -0.39 is 23.9 Å². The van der Waals surface area contributed by atoms with E-state index in [1.165, 1.54) is 4.90 Å². The van der Waals surface area contributed by atoms with Gasteiger partial charge in [0.05, 0.1) is 6.42 Å². The van der Waals surface area contributed by atoms with Crippen LogP contribution in [0.25, 0.3) is 0 Å². The van der Waals surface area contributed by atoms with Crippen molar-refractivity contribution in [1.29, 1.82) is 0 Å². The molecule has 0 aliphatic carbocycles. The van der Waals surface area contributed by atoms with E-state index >= 15 is 0 Å². The molecule has 1 saturated heterocycles. The minimum absolute atomic E-state index is 0.0725. The fourth-order valence-electron chi connectivity index (χ4n) is 2.15. The molecule has 104 valence electrons. The van der Waals surface area contributed by atoms with E-state index in [2.05, 4.69) is 0 Å². The molecule has 1 aromatic carbocycles. The molecule has 0 aromatic heterocycles. The van der Waals surface area contributed by atoms with Crippen LogP contribution in [0.4, 0.5) is 13.2 Å². The van der Waals surface area contributed by atoms with Gasteiger partial charge in [-0.1, -0.05) is 0 Å². The van der Waals surface area contributed by atoms with Gasteiger partial charge in [-0.25, -0.2) is 13.2 Å². The summed E-state index contributed by atoms with van der Waals surface area (Å²) in [6, 6.07) is 1.23. The quantitative estimate of drug-likeness (QED) is 0.888. The Morgan fingerprint density at radius 3 is 2.26 bits per heavy atom. The molecule has 1 heterocycles. The second-order valence-electron chi connectivity index (χ2n) is 4.74. The summed E-state index contributed by atoms with van der Waals surface area (Å²) < 4.78 is 39.6. The zero-order valence-electron chi connectivity index (χ0n) is 10.3. The number of benzene rings is 1. The number of carbonyl (C=O) groups excluding carboxylic acids is 1.